The molecule has 0 unspecified atom stereocenters. The third kappa shape index (κ3) is 1.78. The summed E-state index contributed by atoms with van der Waals surface area (Å²) in [6.45, 7) is 2.44. The molecule has 2 aromatic rings. The van der Waals surface area contributed by atoms with E-state index in [1.165, 1.54) is 5.56 Å². The summed E-state index contributed by atoms with van der Waals surface area (Å²) in [5.41, 5.74) is 2.14. The van der Waals surface area contributed by atoms with E-state index in [4.69, 9.17) is 0 Å². The second kappa shape index (κ2) is 4.35. The van der Waals surface area contributed by atoms with Crippen molar-refractivity contribution in [2.45, 2.75) is 19.9 Å². The van der Waals surface area contributed by atoms with E-state index in [2.05, 4.69) is 17.2 Å². The second-order valence-electron chi connectivity index (χ2n) is 3.68. The Morgan fingerprint density at radius 3 is 3.00 bits per heavy atom. The molecule has 0 aliphatic heterocycles. The van der Waals surface area contributed by atoms with E-state index in [0.29, 0.717) is 6.54 Å². The van der Waals surface area contributed by atoms with Crippen LogP contribution in [0.2, 0.25) is 0 Å². The normalized spacial score (nSPS) is 10.6. The molecule has 0 bridgehead atoms. The molecule has 0 atom stereocenters. The first-order valence-electron chi connectivity index (χ1n) is 5.39. The Hall–Kier alpha value is -1.84. The zero-order chi connectivity index (χ0) is 11.5. The fraction of sp³-hybridized carbons (Fsp3) is 0.333. The van der Waals surface area contributed by atoms with Gasteiger partial charge in [0.2, 0.25) is 5.91 Å². The molecule has 2 aromatic heterocycles. The number of likely N-dealkylation sites (N-methyl/N-ethyl adjacent to an activating group) is 1. The summed E-state index contributed by atoms with van der Waals surface area (Å²) in [7, 11) is 1.64. The van der Waals surface area contributed by atoms with Crippen molar-refractivity contribution < 1.29 is 4.79 Å². The van der Waals surface area contributed by atoms with Gasteiger partial charge >= 0.3 is 0 Å². The summed E-state index contributed by atoms with van der Waals surface area (Å²) in [6, 6.07) is 4.04. The molecule has 0 saturated carbocycles. The van der Waals surface area contributed by atoms with Gasteiger partial charge in [0.15, 0.2) is 0 Å². The fourth-order valence-corrected chi connectivity index (χ4v) is 1.82. The molecule has 4 heteroatoms. The molecule has 1 amide bonds. The van der Waals surface area contributed by atoms with E-state index in [-0.39, 0.29) is 5.91 Å². The lowest BCUT2D eigenvalue weighted by molar-refractivity contribution is -0.121. The molecule has 0 fully saturated rings. The molecule has 84 valence electrons. The van der Waals surface area contributed by atoms with E-state index in [1.807, 2.05) is 22.9 Å². The first-order chi connectivity index (χ1) is 7.76. The molecule has 0 radical (unpaired) electrons. The lowest BCUT2D eigenvalue weighted by Crippen LogP contribution is -2.23. The highest BCUT2D eigenvalue weighted by Crippen LogP contribution is 2.18. The highest BCUT2D eigenvalue weighted by atomic mass is 16.1. The van der Waals surface area contributed by atoms with Crippen molar-refractivity contribution in [3.63, 3.8) is 0 Å². The van der Waals surface area contributed by atoms with Crippen LogP contribution in [0.5, 0.6) is 0 Å². The average Bonchev–Trinajstić information content (AvgIpc) is 2.72. The van der Waals surface area contributed by atoms with Crippen LogP contribution in [-0.4, -0.2) is 22.5 Å². The SMILES string of the molecule is CCc1ccnc2c1ccn2CC(=O)NC. The maximum absolute atomic E-state index is 11.3. The van der Waals surface area contributed by atoms with Gasteiger partial charge in [-0.15, -0.1) is 0 Å². The molecular weight excluding hydrogens is 202 g/mol. The summed E-state index contributed by atoms with van der Waals surface area (Å²) in [6.07, 6.45) is 4.68. The van der Waals surface area contributed by atoms with Crippen molar-refractivity contribution in [2.24, 2.45) is 0 Å². The second-order valence-corrected chi connectivity index (χ2v) is 3.68. The van der Waals surface area contributed by atoms with Crippen LogP contribution in [-0.2, 0) is 17.8 Å². The number of rotatable bonds is 3. The van der Waals surface area contributed by atoms with E-state index in [0.717, 1.165) is 17.5 Å². The van der Waals surface area contributed by atoms with E-state index in [9.17, 15) is 4.79 Å². The van der Waals surface area contributed by atoms with E-state index < -0.39 is 0 Å². The number of carbonyl (C=O) groups is 1. The molecule has 0 aliphatic rings. The number of pyridine rings is 1. The first kappa shape index (κ1) is 10.7. The first-order valence-corrected chi connectivity index (χ1v) is 5.39. The van der Waals surface area contributed by atoms with Crippen molar-refractivity contribution in [1.82, 2.24) is 14.9 Å². The van der Waals surface area contributed by atoms with Crippen molar-refractivity contribution in [1.29, 1.82) is 0 Å². The van der Waals surface area contributed by atoms with Crippen LogP contribution in [0.1, 0.15) is 12.5 Å². The molecule has 0 spiro atoms. The van der Waals surface area contributed by atoms with Gasteiger partial charge in [-0.05, 0) is 24.1 Å². The topological polar surface area (TPSA) is 46.9 Å². The molecule has 0 saturated heterocycles. The summed E-state index contributed by atoms with van der Waals surface area (Å²) in [4.78, 5) is 15.6. The standard InChI is InChI=1S/C12H15N3O/c1-3-9-4-6-14-12-10(9)5-7-15(12)8-11(16)13-2/h4-7H,3,8H2,1-2H3,(H,13,16). The number of nitrogens with one attached hydrogen (secondary N) is 1. The zero-order valence-corrected chi connectivity index (χ0v) is 9.53. The van der Waals surface area contributed by atoms with Crippen LogP contribution in [0.3, 0.4) is 0 Å². The highest BCUT2D eigenvalue weighted by Gasteiger charge is 2.07. The Bertz CT molecular complexity index is 516. The highest BCUT2D eigenvalue weighted by molar-refractivity contribution is 5.82. The number of aryl methyl sites for hydroxylation is 1. The predicted molar refractivity (Wildman–Crippen MR) is 63.2 cm³/mol. The van der Waals surface area contributed by atoms with Crippen molar-refractivity contribution in [2.75, 3.05) is 7.05 Å². The third-order valence-corrected chi connectivity index (χ3v) is 2.73. The van der Waals surface area contributed by atoms with E-state index in [1.54, 1.807) is 13.2 Å². The van der Waals surface area contributed by atoms with Crippen LogP contribution >= 0.6 is 0 Å². The lowest BCUT2D eigenvalue weighted by atomic mass is 10.1. The van der Waals surface area contributed by atoms with Gasteiger partial charge in [-0.25, -0.2) is 4.98 Å². The van der Waals surface area contributed by atoms with Crippen LogP contribution in [0.25, 0.3) is 11.0 Å². The van der Waals surface area contributed by atoms with Gasteiger partial charge in [-0.2, -0.15) is 0 Å². The molecule has 1 N–H and O–H groups in total. The quantitative estimate of drug-likeness (QED) is 0.843. The Morgan fingerprint density at radius 2 is 2.31 bits per heavy atom. The summed E-state index contributed by atoms with van der Waals surface area (Å²) in [5, 5.41) is 3.74. The fourth-order valence-electron chi connectivity index (χ4n) is 1.82. The summed E-state index contributed by atoms with van der Waals surface area (Å²) < 4.78 is 1.87. The van der Waals surface area contributed by atoms with Crippen LogP contribution in [0.15, 0.2) is 24.5 Å². The monoisotopic (exact) mass is 217 g/mol. The largest absolute Gasteiger partial charge is 0.358 e. The Morgan fingerprint density at radius 1 is 1.50 bits per heavy atom. The van der Waals surface area contributed by atoms with Gasteiger partial charge in [0.05, 0.1) is 0 Å². The average molecular weight is 217 g/mol. The Kier molecular flexibility index (Phi) is 2.90. The maximum Gasteiger partial charge on any atom is 0.239 e. The number of fused-ring (bicyclic) bond motifs is 1. The molecule has 2 heterocycles. The van der Waals surface area contributed by atoms with Gasteiger partial charge in [0.1, 0.15) is 12.2 Å². The molecular formula is C12H15N3O. The Labute approximate surface area is 94.3 Å². The van der Waals surface area contributed by atoms with Crippen molar-refractivity contribution >= 4 is 16.9 Å². The minimum Gasteiger partial charge on any atom is -0.358 e. The maximum atomic E-state index is 11.3. The lowest BCUT2D eigenvalue weighted by Gasteiger charge is -2.04. The van der Waals surface area contributed by atoms with Crippen LogP contribution in [0.4, 0.5) is 0 Å². The smallest absolute Gasteiger partial charge is 0.239 e. The molecule has 16 heavy (non-hydrogen) atoms. The zero-order valence-electron chi connectivity index (χ0n) is 9.53. The summed E-state index contributed by atoms with van der Waals surface area (Å²) in [5.74, 6) is -0.0128. The third-order valence-electron chi connectivity index (χ3n) is 2.73. The molecule has 4 nitrogen and oxygen atoms in total. The van der Waals surface area contributed by atoms with Gasteiger partial charge in [0, 0.05) is 24.8 Å². The van der Waals surface area contributed by atoms with Crippen LogP contribution in [0, 0.1) is 0 Å². The van der Waals surface area contributed by atoms with E-state index >= 15 is 0 Å². The number of aromatic nitrogens is 2. The molecule has 0 aromatic carbocycles. The number of hydrogen-bond acceptors (Lipinski definition) is 2. The predicted octanol–water partition coefficient (Wildman–Crippen LogP) is 1.34. The Balaban J connectivity index is 2.45. The van der Waals surface area contributed by atoms with Gasteiger partial charge in [-0.1, -0.05) is 6.92 Å². The van der Waals surface area contributed by atoms with Crippen LogP contribution < -0.4 is 5.32 Å². The van der Waals surface area contributed by atoms with Gasteiger partial charge < -0.3 is 9.88 Å². The molecule has 0 aliphatic carbocycles. The number of amides is 1. The number of hydrogen-bond donors (Lipinski definition) is 1. The van der Waals surface area contributed by atoms with Crippen molar-refractivity contribution in [3.05, 3.63) is 30.1 Å². The van der Waals surface area contributed by atoms with Gasteiger partial charge in [-0.3, -0.25) is 4.79 Å². The van der Waals surface area contributed by atoms with Crippen molar-refractivity contribution in [3.8, 4) is 0 Å². The number of nitrogens with zero attached hydrogens (tertiary/aromatic N) is 2. The summed E-state index contributed by atoms with van der Waals surface area (Å²) >= 11 is 0. The minimum atomic E-state index is -0.0128. The number of carbonyl (C=O) groups excluding carboxylic acids is 1. The molecule has 2 rings (SSSR count). The van der Waals surface area contributed by atoms with Gasteiger partial charge in [0.25, 0.3) is 0 Å². The minimum absolute atomic E-state index is 0.0128.